The van der Waals surface area contributed by atoms with Crippen LogP contribution >= 0.6 is 0 Å². The second kappa shape index (κ2) is 12.0. The van der Waals surface area contributed by atoms with Gasteiger partial charge in [-0.2, -0.15) is 0 Å². The highest BCUT2D eigenvalue weighted by Gasteiger charge is 2.00. The summed E-state index contributed by atoms with van der Waals surface area (Å²) in [7, 11) is 0. The number of hydrogen-bond acceptors (Lipinski definition) is 2. The molecule has 3 heteroatoms. The Bertz CT molecular complexity index is 323. The molecule has 0 unspecified atom stereocenters. The summed E-state index contributed by atoms with van der Waals surface area (Å²) in [5.74, 6) is 0.912. The third-order valence-electron chi connectivity index (χ3n) is 3.83. The van der Waals surface area contributed by atoms with Crippen LogP contribution in [-0.2, 0) is 12.8 Å². The predicted molar refractivity (Wildman–Crippen MR) is 84.9 cm³/mol. The number of rotatable bonds is 13. The van der Waals surface area contributed by atoms with Crippen molar-refractivity contribution in [1.82, 2.24) is 9.97 Å². The van der Waals surface area contributed by atoms with E-state index in [4.69, 9.17) is 5.11 Å². The van der Waals surface area contributed by atoms with Crippen LogP contribution < -0.4 is 0 Å². The quantitative estimate of drug-likeness (QED) is 0.526. The van der Waals surface area contributed by atoms with Crippen LogP contribution in [0.2, 0.25) is 0 Å². The van der Waals surface area contributed by atoms with Crippen molar-refractivity contribution >= 4 is 0 Å². The van der Waals surface area contributed by atoms with E-state index < -0.39 is 0 Å². The second-order valence-corrected chi connectivity index (χ2v) is 5.76. The number of unbranched alkanes of at least 4 members (excludes halogenated alkanes) is 9. The van der Waals surface area contributed by atoms with E-state index in [9.17, 15) is 0 Å². The summed E-state index contributed by atoms with van der Waals surface area (Å²) in [6, 6.07) is 0. The number of aromatic nitrogens is 2. The Morgan fingerprint density at radius 3 is 2.10 bits per heavy atom. The van der Waals surface area contributed by atoms with Gasteiger partial charge < -0.3 is 10.1 Å². The highest BCUT2D eigenvalue weighted by Crippen LogP contribution is 2.12. The molecule has 0 amide bonds. The molecule has 116 valence electrons. The van der Waals surface area contributed by atoms with E-state index in [2.05, 4.69) is 16.9 Å². The van der Waals surface area contributed by atoms with Gasteiger partial charge in [-0.25, -0.2) is 4.98 Å². The number of hydrogen-bond donors (Lipinski definition) is 2. The zero-order chi connectivity index (χ0) is 14.5. The molecule has 0 atom stereocenters. The van der Waals surface area contributed by atoms with Gasteiger partial charge in [-0.3, -0.25) is 0 Å². The molecule has 20 heavy (non-hydrogen) atoms. The molecule has 0 radical (unpaired) electrons. The summed E-state index contributed by atoms with van der Waals surface area (Å²) in [6.07, 6.45) is 17.4. The van der Waals surface area contributed by atoms with E-state index in [1.54, 1.807) is 0 Å². The number of aryl methyl sites for hydroxylation is 1. The second-order valence-electron chi connectivity index (χ2n) is 5.76. The Morgan fingerprint density at radius 2 is 1.50 bits per heavy atom. The van der Waals surface area contributed by atoms with Gasteiger partial charge in [0.25, 0.3) is 0 Å². The molecule has 1 aromatic heterocycles. The Kier molecular flexibility index (Phi) is 10.3. The van der Waals surface area contributed by atoms with Crippen molar-refractivity contribution in [2.75, 3.05) is 6.61 Å². The van der Waals surface area contributed by atoms with Crippen molar-refractivity contribution in [1.29, 1.82) is 0 Å². The summed E-state index contributed by atoms with van der Waals surface area (Å²) in [5.41, 5.74) is 1.22. The van der Waals surface area contributed by atoms with Gasteiger partial charge in [-0.1, -0.05) is 64.7 Å². The minimum Gasteiger partial charge on any atom is -0.396 e. The summed E-state index contributed by atoms with van der Waals surface area (Å²) < 4.78 is 0. The first-order chi connectivity index (χ1) is 9.86. The molecule has 0 saturated heterocycles. The predicted octanol–water partition coefficient (Wildman–Crippen LogP) is 4.41. The van der Waals surface area contributed by atoms with Gasteiger partial charge in [0.2, 0.25) is 0 Å². The van der Waals surface area contributed by atoms with Gasteiger partial charge in [0, 0.05) is 18.3 Å². The van der Waals surface area contributed by atoms with Crippen LogP contribution in [0.25, 0.3) is 0 Å². The first kappa shape index (κ1) is 17.2. The number of aromatic amines is 1. The van der Waals surface area contributed by atoms with Crippen molar-refractivity contribution in [3.63, 3.8) is 0 Å². The maximum atomic E-state index is 8.83. The Hall–Kier alpha value is -0.830. The first-order valence-corrected chi connectivity index (χ1v) is 8.50. The van der Waals surface area contributed by atoms with E-state index in [1.807, 2.05) is 6.20 Å². The standard InChI is InChI=1S/C17H32N2O/c1-2-3-4-5-6-7-8-9-10-11-12-16-15-18-17(19-16)13-14-20/h15,20H,2-14H2,1H3,(H,18,19). The highest BCUT2D eigenvalue weighted by atomic mass is 16.3. The number of imidazole rings is 1. The third-order valence-corrected chi connectivity index (χ3v) is 3.83. The maximum Gasteiger partial charge on any atom is 0.108 e. The molecular formula is C17H32N2O. The van der Waals surface area contributed by atoms with Gasteiger partial charge in [-0.15, -0.1) is 0 Å². The molecule has 3 nitrogen and oxygen atoms in total. The first-order valence-electron chi connectivity index (χ1n) is 8.50. The maximum absolute atomic E-state index is 8.83. The molecule has 1 rings (SSSR count). The van der Waals surface area contributed by atoms with Crippen LogP contribution in [0.1, 0.15) is 82.7 Å². The van der Waals surface area contributed by atoms with Crippen molar-refractivity contribution in [2.24, 2.45) is 0 Å². The molecule has 0 aliphatic rings. The van der Waals surface area contributed by atoms with Crippen LogP contribution in [0.5, 0.6) is 0 Å². The van der Waals surface area contributed by atoms with E-state index in [-0.39, 0.29) is 6.61 Å². The lowest BCUT2D eigenvalue weighted by molar-refractivity contribution is 0.297. The number of H-pyrrole nitrogens is 1. The molecule has 0 bridgehead atoms. The highest BCUT2D eigenvalue weighted by molar-refractivity contribution is 5.01. The van der Waals surface area contributed by atoms with Crippen LogP contribution in [-0.4, -0.2) is 21.7 Å². The lowest BCUT2D eigenvalue weighted by Gasteiger charge is -2.02. The fraction of sp³-hybridized carbons (Fsp3) is 0.824. The number of nitrogens with zero attached hydrogens (tertiary/aromatic N) is 1. The van der Waals surface area contributed by atoms with E-state index in [0.29, 0.717) is 6.42 Å². The summed E-state index contributed by atoms with van der Waals surface area (Å²) in [5, 5.41) is 8.83. The molecule has 0 spiro atoms. The fourth-order valence-electron chi connectivity index (χ4n) is 2.57. The molecule has 2 N–H and O–H groups in total. The number of aliphatic hydroxyl groups excluding tert-OH is 1. The zero-order valence-electron chi connectivity index (χ0n) is 13.2. The smallest absolute Gasteiger partial charge is 0.108 e. The zero-order valence-corrected chi connectivity index (χ0v) is 13.2. The average Bonchev–Trinajstić information content (AvgIpc) is 2.89. The van der Waals surface area contributed by atoms with Crippen molar-refractivity contribution in [3.8, 4) is 0 Å². The summed E-state index contributed by atoms with van der Waals surface area (Å²) in [4.78, 5) is 7.53. The van der Waals surface area contributed by atoms with Crippen molar-refractivity contribution in [2.45, 2.75) is 84.0 Å². The Labute approximate surface area is 124 Å². The fourth-order valence-corrected chi connectivity index (χ4v) is 2.57. The normalized spacial score (nSPS) is 11.1. The molecule has 1 heterocycles. The molecule has 0 saturated carbocycles. The minimum absolute atomic E-state index is 0.172. The Balaban J connectivity index is 1.89. The largest absolute Gasteiger partial charge is 0.396 e. The third kappa shape index (κ3) is 8.36. The Morgan fingerprint density at radius 1 is 0.900 bits per heavy atom. The van der Waals surface area contributed by atoms with Crippen molar-refractivity contribution in [3.05, 3.63) is 17.7 Å². The van der Waals surface area contributed by atoms with E-state index in [0.717, 1.165) is 12.2 Å². The monoisotopic (exact) mass is 280 g/mol. The van der Waals surface area contributed by atoms with Crippen LogP contribution in [0, 0.1) is 0 Å². The van der Waals surface area contributed by atoms with Crippen LogP contribution in [0.3, 0.4) is 0 Å². The molecule has 0 fully saturated rings. The molecule has 1 aromatic rings. The molecular weight excluding hydrogens is 248 g/mol. The van der Waals surface area contributed by atoms with E-state index >= 15 is 0 Å². The van der Waals surface area contributed by atoms with E-state index in [1.165, 1.54) is 69.9 Å². The topological polar surface area (TPSA) is 48.9 Å². The van der Waals surface area contributed by atoms with Gasteiger partial charge in [-0.05, 0) is 12.8 Å². The van der Waals surface area contributed by atoms with Gasteiger partial charge in [0.05, 0.1) is 6.61 Å². The van der Waals surface area contributed by atoms with Crippen molar-refractivity contribution < 1.29 is 5.11 Å². The SMILES string of the molecule is CCCCCCCCCCCCc1cnc(CCO)[nH]1. The summed E-state index contributed by atoms with van der Waals surface area (Å²) >= 11 is 0. The van der Waals surface area contributed by atoms with Crippen LogP contribution in [0.4, 0.5) is 0 Å². The number of aliphatic hydroxyl groups is 1. The minimum atomic E-state index is 0.172. The molecule has 0 aromatic carbocycles. The van der Waals surface area contributed by atoms with Gasteiger partial charge in [0.15, 0.2) is 0 Å². The molecule has 0 aliphatic carbocycles. The van der Waals surface area contributed by atoms with Gasteiger partial charge in [0.1, 0.15) is 5.82 Å². The summed E-state index contributed by atoms with van der Waals surface area (Å²) in [6.45, 7) is 2.44. The lowest BCUT2D eigenvalue weighted by atomic mass is 10.1. The molecule has 0 aliphatic heterocycles. The average molecular weight is 280 g/mol. The lowest BCUT2D eigenvalue weighted by Crippen LogP contribution is -1.93. The number of nitrogens with one attached hydrogen (secondary N) is 1. The van der Waals surface area contributed by atoms with Crippen LogP contribution in [0.15, 0.2) is 6.20 Å². The van der Waals surface area contributed by atoms with Gasteiger partial charge >= 0.3 is 0 Å².